The number of rotatable bonds is 5. The van der Waals surface area contributed by atoms with Crippen molar-refractivity contribution in [3.8, 4) is 5.75 Å². The number of anilines is 1. The van der Waals surface area contributed by atoms with E-state index in [1.54, 1.807) is 31.2 Å². The largest absolute Gasteiger partial charge is 0.508 e. The molecule has 0 bridgehead atoms. The van der Waals surface area contributed by atoms with E-state index in [1.807, 2.05) is 17.0 Å². The van der Waals surface area contributed by atoms with E-state index in [0.29, 0.717) is 29.5 Å². The number of benzene rings is 2. The number of hydrogen-bond donors (Lipinski definition) is 2. The third-order valence-electron chi connectivity index (χ3n) is 4.51. The van der Waals surface area contributed by atoms with Crippen molar-refractivity contribution in [1.82, 2.24) is 4.90 Å². The van der Waals surface area contributed by atoms with Gasteiger partial charge in [-0.3, -0.25) is 0 Å². The Labute approximate surface area is 158 Å². The average Bonchev–Trinajstić information content (AvgIpc) is 3.12. The Balaban J connectivity index is 1.75. The lowest BCUT2D eigenvalue weighted by Crippen LogP contribution is -2.39. The Morgan fingerprint density at radius 1 is 1.35 bits per heavy atom. The van der Waals surface area contributed by atoms with Crippen LogP contribution in [0.1, 0.15) is 24.0 Å². The zero-order chi connectivity index (χ0) is 18.5. The fourth-order valence-electron chi connectivity index (χ4n) is 2.98. The molecule has 138 valence electrons. The van der Waals surface area contributed by atoms with Crippen molar-refractivity contribution in [3.05, 3.63) is 59.4 Å². The van der Waals surface area contributed by atoms with Crippen molar-refractivity contribution >= 4 is 23.0 Å². The summed E-state index contributed by atoms with van der Waals surface area (Å²) in [5.74, 6) is -0.0433. The van der Waals surface area contributed by atoms with E-state index in [1.165, 1.54) is 6.07 Å². The maximum absolute atomic E-state index is 13.8. The van der Waals surface area contributed by atoms with E-state index < -0.39 is 0 Å². The first-order valence-corrected chi connectivity index (χ1v) is 9.14. The summed E-state index contributed by atoms with van der Waals surface area (Å²) in [6, 6.07) is 12.1. The second-order valence-corrected chi connectivity index (χ2v) is 6.93. The predicted molar refractivity (Wildman–Crippen MR) is 105 cm³/mol. The van der Waals surface area contributed by atoms with Gasteiger partial charge in [0.1, 0.15) is 11.6 Å². The van der Waals surface area contributed by atoms with Gasteiger partial charge < -0.3 is 20.1 Å². The van der Waals surface area contributed by atoms with Crippen LogP contribution in [0.3, 0.4) is 0 Å². The van der Waals surface area contributed by atoms with Gasteiger partial charge in [-0.15, -0.1) is 0 Å². The van der Waals surface area contributed by atoms with Crippen LogP contribution in [0.15, 0.2) is 42.5 Å². The molecule has 0 aliphatic carbocycles. The molecule has 1 atom stereocenters. The Morgan fingerprint density at radius 2 is 2.15 bits per heavy atom. The summed E-state index contributed by atoms with van der Waals surface area (Å²) < 4.78 is 19.5. The van der Waals surface area contributed by atoms with Gasteiger partial charge in [0.05, 0.1) is 6.10 Å². The first-order chi connectivity index (χ1) is 12.5. The molecule has 1 aliphatic heterocycles. The van der Waals surface area contributed by atoms with Gasteiger partial charge in [-0.1, -0.05) is 24.3 Å². The number of nitrogens with one attached hydrogen (secondary N) is 1. The predicted octanol–water partition coefficient (Wildman–Crippen LogP) is 4.22. The normalized spacial score (nSPS) is 16.5. The molecule has 4 nitrogen and oxygen atoms in total. The number of thiocarbonyl (C=S) groups is 1. The van der Waals surface area contributed by atoms with Gasteiger partial charge >= 0.3 is 0 Å². The van der Waals surface area contributed by atoms with E-state index in [2.05, 4.69) is 5.32 Å². The third kappa shape index (κ3) is 4.71. The van der Waals surface area contributed by atoms with Gasteiger partial charge in [0.2, 0.25) is 0 Å². The number of para-hydroxylation sites is 1. The molecule has 0 spiro atoms. The van der Waals surface area contributed by atoms with Crippen LogP contribution in [-0.4, -0.2) is 34.4 Å². The molecule has 1 heterocycles. The van der Waals surface area contributed by atoms with Gasteiger partial charge in [-0.05, 0) is 55.7 Å². The number of nitrogens with zero attached hydrogens (tertiary/aromatic N) is 1. The van der Waals surface area contributed by atoms with Crippen LogP contribution in [0.2, 0.25) is 0 Å². The highest BCUT2D eigenvalue weighted by atomic mass is 32.1. The van der Waals surface area contributed by atoms with Crippen LogP contribution in [0.5, 0.6) is 5.75 Å². The molecule has 0 aromatic heterocycles. The number of halogens is 1. The minimum Gasteiger partial charge on any atom is -0.508 e. The van der Waals surface area contributed by atoms with Crippen LogP contribution in [-0.2, 0) is 11.3 Å². The van der Waals surface area contributed by atoms with Crippen molar-refractivity contribution in [1.29, 1.82) is 0 Å². The summed E-state index contributed by atoms with van der Waals surface area (Å²) in [5.41, 5.74) is 1.98. The minimum absolute atomic E-state index is 0.107. The molecule has 26 heavy (non-hydrogen) atoms. The van der Waals surface area contributed by atoms with Crippen LogP contribution < -0.4 is 5.32 Å². The third-order valence-corrected chi connectivity index (χ3v) is 4.87. The molecule has 2 N–H and O–H groups in total. The smallest absolute Gasteiger partial charge is 0.173 e. The second kappa shape index (κ2) is 8.47. The lowest BCUT2D eigenvalue weighted by Gasteiger charge is -2.28. The monoisotopic (exact) mass is 374 g/mol. The summed E-state index contributed by atoms with van der Waals surface area (Å²) in [6.07, 6.45) is 2.13. The molecule has 0 amide bonds. The standard InChI is InChI=1S/C20H23FN2O2S/c1-14-8-9-16(11-18(14)21)22-20(26)23(13-17-6-4-10-25-17)12-15-5-2-3-7-19(15)24/h2-3,5,7-9,11,17,24H,4,6,10,12-13H2,1H3,(H,22,26)/t17-/m0/s1. The fraction of sp³-hybridized carbons (Fsp3) is 0.350. The van der Waals surface area contributed by atoms with Gasteiger partial charge in [0.15, 0.2) is 5.11 Å². The summed E-state index contributed by atoms with van der Waals surface area (Å²) >= 11 is 5.57. The molecular weight excluding hydrogens is 351 g/mol. The average molecular weight is 374 g/mol. The number of phenols is 1. The van der Waals surface area contributed by atoms with E-state index in [0.717, 1.165) is 25.0 Å². The summed E-state index contributed by atoms with van der Waals surface area (Å²) in [4.78, 5) is 1.96. The topological polar surface area (TPSA) is 44.7 Å². The van der Waals surface area contributed by atoms with E-state index in [-0.39, 0.29) is 17.7 Å². The zero-order valence-corrected chi connectivity index (χ0v) is 15.6. The first kappa shape index (κ1) is 18.6. The molecule has 1 fully saturated rings. The van der Waals surface area contributed by atoms with Gasteiger partial charge in [0.25, 0.3) is 0 Å². The quantitative estimate of drug-likeness (QED) is 0.768. The summed E-state index contributed by atoms with van der Waals surface area (Å²) in [7, 11) is 0. The SMILES string of the molecule is Cc1ccc(NC(=S)N(Cc2ccccc2O)C[C@@H]2CCCO2)cc1F. The van der Waals surface area contributed by atoms with Crippen LogP contribution >= 0.6 is 12.2 Å². The molecule has 3 rings (SSSR count). The Bertz CT molecular complexity index is 778. The minimum atomic E-state index is -0.274. The van der Waals surface area contributed by atoms with Gasteiger partial charge in [-0.25, -0.2) is 4.39 Å². The maximum Gasteiger partial charge on any atom is 0.173 e. The second-order valence-electron chi connectivity index (χ2n) is 6.54. The molecule has 2 aromatic carbocycles. The van der Waals surface area contributed by atoms with Crippen molar-refractivity contribution in [2.24, 2.45) is 0 Å². The maximum atomic E-state index is 13.8. The van der Waals surface area contributed by atoms with Crippen molar-refractivity contribution < 1.29 is 14.2 Å². The van der Waals surface area contributed by atoms with Crippen LogP contribution in [0.4, 0.5) is 10.1 Å². The Morgan fingerprint density at radius 3 is 2.85 bits per heavy atom. The molecular formula is C20H23FN2O2S. The van der Waals surface area contributed by atoms with Crippen LogP contribution in [0, 0.1) is 12.7 Å². The summed E-state index contributed by atoms with van der Waals surface area (Å²) in [6.45, 7) is 3.55. The van der Waals surface area contributed by atoms with Crippen molar-refractivity contribution in [2.45, 2.75) is 32.4 Å². The van der Waals surface area contributed by atoms with Crippen LogP contribution in [0.25, 0.3) is 0 Å². The van der Waals surface area contributed by atoms with E-state index >= 15 is 0 Å². The van der Waals surface area contributed by atoms with E-state index in [9.17, 15) is 9.50 Å². The van der Waals surface area contributed by atoms with Crippen molar-refractivity contribution in [3.63, 3.8) is 0 Å². The molecule has 0 radical (unpaired) electrons. The van der Waals surface area contributed by atoms with Gasteiger partial charge in [-0.2, -0.15) is 0 Å². The lowest BCUT2D eigenvalue weighted by molar-refractivity contribution is 0.0903. The first-order valence-electron chi connectivity index (χ1n) is 8.73. The Hall–Kier alpha value is -2.18. The van der Waals surface area contributed by atoms with E-state index in [4.69, 9.17) is 17.0 Å². The number of hydrogen-bond acceptors (Lipinski definition) is 3. The molecule has 1 saturated heterocycles. The number of aromatic hydroxyl groups is 1. The lowest BCUT2D eigenvalue weighted by atomic mass is 10.1. The molecule has 6 heteroatoms. The molecule has 0 unspecified atom stereocenters. The highest BCUT2D eigenvalue weighted by Crippen LogP contribution is 2.21. The highest BCUT2D eigenvalue weighted by Gasteiger charge is 2.22. The fourth-order valence-corrected chi connectivity index (χ4v) is 3.23. The molecule has 1 aliphatic rings. The van der Waals surface area contributed by atoms with Gasteiger partial charge in [0, 0.05) is 30.9 Å². The van der Waals surface area contributed by atoms with Crippen molar-refractivity contribution in [2.75, 3.05) is 18.5 Å². The Kier molecular flexibility index (Phi) is 6.06. The molecule has 2 aromatic rings. The molecule has 0 saturated carbocycles. The number of aryl methyl sites for hydroxylation is 1. The zero-order valence-electron chi connectivity index (χ0n) is 14.7. The number of ether oxygens (including phenoxy) is 1. The number of phenolic OH excluding ortho intramolecular Hbond substituents is 1. The summed E-state index contributed by atoms with van der Waals surface area (Å²) in [5, 5.41) is 13.7. The highest BCUT2D eigenvalue weighted by molar-refractivity contribution is 7.80.